The molecule has 3 N–H and O–H groups in total. The molecule has 0 amide bonds. The first-order chi connectivity index (χ1) is 12.7. The maximum absolute atomic E-state index is 11.1. The lowest BCUT2D eigenvalue weighted by Gasteiger charge is -2.27. The largest absolute Gasteiger partial charge is 0.343 e. The average molecular weight is 531 g/mol. The predicted molar refractivity (Wildman–Crippen MR) is 120 cm³/mol. The molecule has 0 aliphatic rings. The molecule has 1 atom stereocenters. The number of nitrogens with one attached hydrogen (secondary N) is 3. The summed E-state index contributed by atoms with van der Waals surface area (Å²) in [7, 11) is 0. The first-order valence-corrected chi connectivity index (χ1v) is 10.4. The maximum atomic E-state index is 11.1. The van der Waals surface area contributed by atoms with Gasteiger partial charge in [0.15, 0.2) is 5.11 Å². The van der Waals surface area contributed by atoms with E-state index in [0.29, 0.717) is 4.90 Å². The molecule has 0 aromatic heterocycles. The molecule has 2 aromatic carbocycles. The summed E-state index contributed by atoms with van der Waals surface area (Å²) < 4.78 is 1.96. The van der Waals surface area contributed by atoms with Crippen molar-refractivity contribution < 1.29 is 4.92 Å². The number of thiocarbonyl (C=S) groups is 1. The fraction of sp³-hybridized carbons (Fsp3) is 0.133. The lowest BCUT2D eigenvalue weighted by atomic mass is 10.3. The highest BCUT2D eigenvalue weighted by Crippen LogP contribution is 2.33. The Bertz CT molecular complexity index is 839. The van der Waals surface area contributed by atoms with Crippen LogP contribution in [0.2, 0.25) is 0 Å². The Morgan fingerprint density at radius 3 is 2.56 bits per heavy atom. The van der Waals surface area contributed by atoms with Crippen LogP contribution in [0.5, 0.6) is 0 Å². The highest BCUT2D eigenvalue weighted by Gasteiger charge is 2.34. The summed E-state index contributed by atoms with van der Waals surface area (Å²) in [5.41, 5.74) is 0.671. The summed E-state index contributed by atoms with van der Waals surface area (Å²) in [6, 6.07) is 13.6. The molecule has 27 heavy (non-hydrogen) atoms. The molecule has 2 aromatic rings. The van der Waals surface area contributed by atoms with E-state index < -0.39 is 14.9 Å². The van der Waals surface area contributed by atoms with Gasteiger partial charge in [0.1, 0.15) is 11.1 Å². The molecule has 0 aliphatic heterocycles. The van der Waals surface area contributed by atoms with Crippen molar-refractivity contribution in [1.82, 2.24) is 10.0 Å². The zero-order valence-corrected chi connectivity index (χ0v) is 18.8. The van der Waals surface area contributed by atoms with E-state index in [4.69, 9.17) is 47.0 Å². The molecule has 6 nitrogen and oxygen atoms in total. The number of rotatable bonds is 6. The molecule has 0 radical (unpaired) electrons. The van der Waals surface area contributed by atoms with Crippen LogP contribution in [0.4, 0.5) is 11.4 Å². The van der Waals surface area contributed by atoms with Crippen LogP contribution >= 0.6 is 74.9 Å². The molecule has 12 heteroatoms. The van der Waals surface area contributed by atoms with Crippen LogP contribution in [0.25, 0.3) is 0 Å². The van der Waals surface area contributed by atoms with Gasteiger partial charge in [0.05, 0.1) is 4.92 Å². The van der Waals surface area contributed by atoms with Gasteiger partial charge >= 0.3 is 0 Å². The van der Waals surface area contributed by atoms with Gasteiger partial charge in [-0.25, -0.2) is 4.72 Å². The Balaban J connectivity index is 2.06. The van der Waals surface area contributed by atoms with Gasteiger partial charge in [0.2, 0.25) is 3.79 Å². The predicted octanol–water partition coefficient (Wildman–Crippen LogP) is 5.64. The number of nitro groups is 1. The zero-order valence-electron chi connectivity index (χ0n) is 13.3. The molecule has 0 bridgehead atoms. The summed E-state index contributed by atoms with van der Waals surface area (Å²) in [5.74, 6) is 0. The first kappa shape index (κ1) is 22.5. The van der Waals surface area contributed by atoms with Crippen LogP contribution in [0.3, 0.4) is 0 Å². The topological polar surface area (TPSA) is 79.2 Å². The van der Waals surface area contributed by atoms with Gasteiger partial charge in [0.25, 0.3) is 5.69 Å². The van der Waals surface area contributed by atoms with E-state index in [1.807, 2.05) is 24.3 Å². The molecule has 0 spiro atoms. The fourth-order valence-corrected chi connectivity index (χ4v) is 3.89. The summed E-state index contributed by atoms with van der Waals surface area (Å²) in [4.78, 5) is 11.0. The molecular weight excluding hydrogens is 519 g/mol. The van der Waals surface area contributed by atoms with Gasteiger partial charge in [-0.3, -0.25) is 10.1 Å². The minimum Gasteiger partial charge on any atom is -0.343 e. The van der Waals surface area contributed by atoms with Crippen LogP contribution in [-0.2, 0) is 0 Å². The first-order valence-electron chi connectivity index (χ1n) is 7.22. The standard InChI is InChI=1S/C15H12BrCl3N4O2S2/c16-9-4-3-5-10(8-9)20-14(26)21-13(15(17,18)19)22-27-12-7-2-1-6-11(12)23(24)25/h1-8,13,22H,(H2,20,21,26). The van der Waals surface area contributed by atoms with Gasteiger partial charge in [-0.1, -0.05) is 68.9 Å². The average Bonchev–Trinajstić information content (AvgIpc) is 2.57. The number of hydrogen-bond acceptors (Lipinski definition) is 5. The lowest BCUT2D eigenvalue weighted by molar-refractivity contribution is -0.387. The van der Waals surface area contributed by atoms with Crippen molar-refractivity contribution in [2.45, 2.75) is 14.9 Å². The SMILES string of the molecule is O=[N+]([O-])c1ccccc1SNC(NC(=S)Nc1cccc(Br)c1)C(Cl)(Cl)Cl. The molecular formula is C15H12BrCl3N4O2S2. The van der Waals surface area contributed by atoms with Crippen molar-refractivity contribution in [1.29, 1.82) is 0 Å². The van der Waals surface area contributed by atoms with Gasteiger partial charge in [-0.05, 0) is 48.4 Å². The van der Waals surface area contributed by atoms with E-state index in [-0.39, 0.29) is 10.8 Å². The molecule has 1 unspecified atom stereocenters. The molecule has 2 rings (SSSR count). The minimum absolute atomic E-state index is 0.0621. The Kier molecular flexibility index (Phi) is 8.41. The molecule has 0 aliphatic carbocycles. The number of benzene rings is 2. The van der Waals surface area contributed by atoms with E-state index in [0.717, 1.165) is 22.1 Å². The van der Waals surface area contributed by atoms with Crippen molar-refractivity contribution in [3.8, 4) is 0 Å². The van der Waals surface area contributed by atoms with E-state index in [1.165, 1.54) is 6.07 Å². The van der Waals surface area contributed by atoms with Crippen molar-refractivity contribution in [3.63, 3.8) is 0 Å². The Labute approximate surface area is 188 Å². The van der Waals surface area contributed by atoms with Crippen molar-refractivity contribution in [2.24, 2.45) is 0 Å². The van der Waals surface area contributed by atoms with Gasteiger partial charge < -0.3 is 10.6 Å². The quantitative estimate of drug-likeness (QED) is 0.111. The molecule has 0 saturated heterocycles. The normalized spacial score (nSPS) is 12.3. The van der Waals surface area contributed by atoms with Crippen molar-refractivity contribution in [2.75, 3.05) is 5.32 Å². The Morgan fingerprint density at radius 2 is 1.93 bits per heavy atom. The van der Waals surface area contributed by atoms with E-state index in [9.17, 15) is 10.1 Å². The number of para-hydroxylation sites is 1. The van der Waals surface area contributed by atoms with Crippen molar-refractivity contribution >= 4 is 91.4 Å². The zero-order chi connectivity index (χ0) is 20.0. The van der Waals surface area contributed by atoms with Crippen LogP contribution in [-0.4, -0.2) is 20.0 Å². The fourth-order valence-electron chi connectivity index (χ4n) is 1.86. The molecule has 144 valence electrons. The third-order valence-corrected chi connectivity index (χ3v) is 5.32. The molecule has 0 saturated carbocycles. The van der Waals surface area contributed by atoms with Gasteiger partial charge in [0, 0.05) is 16.2 Å². The smallest absolute Gasteiger partial charge is 0.284 e. The van der Waals surface area contributed by atoms with Crippen LogP contribution in [0.1, 0.15) is 0 Å². The number of hydrogen-bond donors (Lipinski definition) is 3. The highest BCUT2D eigenvalue weighted by atomic mass is 79.9. The molecule has 0 fully saturated rings. The van der Waals surface area contributed by atoms with Crippen LogP contribution < -0.4 is 15.4 Å². The van der Waals surface area contributed by atoms with E-state index in [2.05, 4.69) is 31.3 Å². The number of anilines is 1. The third kappa shape index (κ3) is 7.26. The number of nitro benzene ring substituents is 1. The summed E-state index contributed by atoms with van der Waals surface area (Å²) in [6.45, 7) is 0. The molecule has 0 heterocycles. The highest BCUT2D eigenvalue weighted by molar-refractivity contribution is 9.10. The lowest BCUT2D eigenvalue weighted by Crippen LogP contribution is -2.52. The van der Waals surface area contributed by atoms with Crippen molar-refractivity contribution in [3.05, 3.63) is 63.1 Å². The second kappa shape index (κ2) is 10.1. The Morgan fingerprint density at radius 1 is 1.22 bits per heavy atom. The Hall–Kier alpha value is -0.810. The second-order valence-electron chi connectivity index (χ2n) is 5.03. The monoisotopic (exact) mass is 528 g/mol. The van der Waals surface area contributed by atoms with Gasteiger partial charge in [-0.2, -0.15) is 0 Å². The second-order valence-corrected chi connectivity index (χ2v) is 9.60. The number of alkyl halides is 3. The van der Waals surface area contributed by atoms with Crippen LogP contribution in [0.15, 0.2) is 57.9 Å². The van der Waals surface area contributed by atoms with Gasteiger partial charge in [-0.15, -0.1) is 0 Å². The van der Waals surface area contributed by atoms with E-state index in [1.54, 1.807) is 18.2 Å². The van der Waals surface area contributed by atoms with E-state index >= 15 is 0 Å². The minimum atomic E-state index is -1.78. The van der Waals surface area contributed by atoms with Crippen LogP contribution in [0, 0.1) is 10.1 Å². The number of halogens is 4. The third-order valence-electron chi connectivity index (χ3n) is 3.03. The summed E-state index contributed by atoms with van der Waals surface area (Å²) >= 11 is 27.6. The summed E-state index contributed by atoms with van der Waals surface area (Å²) in [5, 5.41) is 17.1. The maximum Gasteiger partial charge on any atom is 0.284 e. The number of nitrogens with zero attached hydrogens (tertiary/aromatic N) is 1. The summed E-state index contributed by atoms with van der Waals surface area (Å²) in [6.07, 6.45) is -0.931.